The van der Waals surface area contributed by atoms with Gasteiger partial charge in [-0.15, -0.1) is 15.8 Å². The Morgan fingerprint density at radius 3 is 1.43 bits per heavy atom. The fourth-order valence-corrected chi connectivity index (χ4v) is 10.3. The molecule has 120 valence electrons. The maximum atomic E-state index is 2.38. The molecule has 0 amide bonds. The predicted molar refractivity (Wildman–Crippen MR) is 108 cm³/mol. The molecule has 1 aromatic carbocycles. The fourth-order valence-electron chi connectivity index (χ4n) is 2.61. The largest absolute Gasteiger partial charge is 0.107 e. The van der Waals surface area contributed by atoms with E-state index in [-0.39, 0.29) is 7.92 Å². The monoisotopic (exact) mass is 342 g/mol. The van der Waals surface area contributed by atoms with Crippen LogP contribution in [0.4, 0.5) is 0 Å². The van der Waals surface area contributed by atoms with Crippen LogP contribution in [0.15, 0.2) is 30.3 Å². The molecule has 0 radical (unpaired) electrons. The Kier molecular flexibility index (Phi) is 11.2. The summed E-state index contributed by atoms with van der Waals surface area (Å²) < 4.78 is 0. The smallest absolute Gasteiger partial charge is 0.0240 e. The van der Waals surface area contributed by atoms with Crippen molar-refractivity contribution in [2.24, 2.45) is 0 Å². The van der Waals surface area contributed by atoms with Crippen LogP contribution in [0.25, 0.3) is 0 Å². The first-order chi connectivity index (χ1) is 10.2. The van der Waals surface area contributed by atoms with E-state index in [1.54, 1.807) is 5.30 Å². The topological polar surface area (TPSA) is 0 Å². The van der Waals surface area contributed by atoms with E-state index in [4.69, 9.17) is 0 Å². The van der Waals surface area contributed by atoms with Crippen molar-refractivity contribution in [2.45, 2.75) is 27.7 Å². The van der Waals surface area contributed by atoms with Gasteiger partial charge in [0.05, 0.1) is 0 Å². The Morgan fingerprint density at radius 2 is 1.05 bits per heavy atom. The van der Waals surface area contributed by atoms with Crippen molar-refractivity contribution in [3.05, 3.63) is 30.3 Å². The molecule has 1 rings (SSSR count). The second kappa shape index (κ2) is 12.0. The van der Waals surface area contributed by atoms with Crippen LogP contribution < -0.4 is 5.30 Å². The Balaban J connectivity index is 2.62. The molecule has 0 bridgehead atoms. The predicted octanol–water partition coefficient (Wildman–Crippen LogP) is 5.84. The summed E-state index contributed by atoms with van der Waals surface area (Å²) in [5.74, 6) is 0. The second-order valence-electron chi connectivity index (χ2n) is 5.38. The summed E-state index contributed by atoms with van der Waals surface area (Å²) in [6.45, 7) is 9.53. The molecule has 0 heterocycles. The van der Waals surface area contributed by atoms with Crippen LogP contribution in [0.3, 0.4) is 0 Å². The highest BCUT2D eigenvalue weighted by Gasteiger charge is 2.14. The van der Waals surface area contributed by atoms with Crippen LogP contribution in [-0.4, -0.2) is 49.3 Å². The molecule has 0 spiro atoms. The molecule has 0 nitrogen and oxygen atoms in total. The van der Waals surface area contributed by atoms with E-state index in [0.717, 1.165) is 0 Å². The first-order valence-corrected chi connectivity index (χ1v) is 14.0. The molecule has 0 aliphatic heterocycles. The van der Waals surface area contributed by atoms with Crippen LogP contribution in [0.5, 0.6) is 0 Å². The molecule has 0 aliphatic rings. The van der Waals surface area contributed by atoms with E-state index >= 15 is 0 Å². The maximum absolute atomic E-state index is 2.38. The zero-order valence-corrected chi connectivity index (χ0v) is 17.1. The average molecular weight is 342 g/mol. The lowest BCUT2D eigenvalue weighted by atomic mass is 10.4. The Morgan fingerprint density at radius 1 is 0.619 bits per heavy atom. The second-order valence-corrected chi connectivity index (χ2v) is 14.0. The highest BCUT2D eigenvalue weighted by atomic mass is 31.1. The lowest BCUT2D eigenvalue weighted by Crippen LogP contribution is -2.10. The molecule has 21 heavy (non-hydrogen) atoms. The van der Waals surface area contributed by atoms with Crippen LogP contribution in [0.1, 0.15) is 27.7 Å². The lowest BCUT2D eigenvalue weighted by molar-refractivity contribution is 1.32. The summed E-state index contributed by atoms with van der Waals surface area (Å²) in [5.41, 5.74) is 0. The van der Waals surface area contributed by atoms with Gasteiger partial charge < -0.3 is 0 Å². The molecular weight excluding hydrogens is 309 g/mol. The first kappa shape index (κ1) is 19.6. The Hall–Kier alpha value is 0.510. The van der Waals surface area contributed by atoms with Crippen LogP contribution >= 0.6 is 23.8 Å². The Bertz CT molecular complexity index is 329. The van der Waals surface area contributed by atoms with E-state index in [2.05, 4.69) is 58.0 Å². The first-order valence-electron chi connectivity index (χ1n) is 8.49. The van der Waals surface area contributed by atoms with Crippen LogP contribution in [0, 0.1) is 0 Å². The van der Waals surface area contributed by atoms with E-state index in [9.17, 15) is 0 Å². The van der Waals surface area contributed by atoms with E-state index in [1.807, 2.05) is 0 Å². The van der Waals surface area contributed by atoms with E-state index in [0.29, 0.717) is 15.8 Å². The summed E-state index contributed by atoms with van der Waals surface area (Å²) in [7, 11) is 0.707. The minimum atomic E-state index is 0.0887. The van der Waals surface area contributed by atoms with Gasteiger partial charge in [-0.3, -0.25) is 0 Å². The molecule has 0 aliphatic carbocycles. The van der Waals surface area contributed by atoms with E-state index in [1.165, 1.54) is 49.3 Å². The third kappa shape index (κ3) is 7.55. The van der Waals surface area contributed by atoms with Crippen LogP contribution in [0.2, 0.25) is 0 Å². The SMILES string of the molecule is CCP(CC)CCP(CCP(CC)CC)c1ccccc1. The van der Waals surface area contributed by atoms with Gasteiger partial charge >= 0.3 is 0 Å². The molecular formula is C18H33P3. The number of benzene rings is 1. The minimum Gasteiger partial charge on any atom is -0.107 e. The average Bonchev–Trinajstić information content (AvgIpc) is 2.55. The van der Waals surface area contributed by atoms with Gasteiger partial charge in [0.2, 0.25) is 0 Å². The van der Waals surface area contributed by atoms with Gasteiger partial charge in [0.25, 0.3) is 0 Å². The van der Waals surface area contributed by atoms with Gasteiger partial charge in [-0.2, -0.15) is 0 Å². The number of hydrogen-bond donors (Lipinski definition) is 0. The third-order valence-electron chi connectivity index (χ3n) is 4.28. The van der Waals surface area contributed by atoms with Gasteiger partial charge in [0.1, 0.15) is 0 Å². The lowest BCUT2D eigenvalue weighted by Gasteiger charge is -2.23. The van der Waals surface area contributed by atoms with Gasteiger partial charge in [0, 0.05) is 0 Å². The van der Waals surface area contributed by atoms with Crippen molar-refractivity contribution in [1.82, 2.24) is 0 Å². The fraction of sp³-hybridized carbons (Fsp3) is 0.667. The molecule has 0 unspecified atom stereocenters. The summed E-state index contributed by atoms with van der Waals surface area (Å²) in [6.07, 6.45) is 11.6. The molecule has 0 aromatic heterocycles. The highest BCUT2D eigenvalue weighted by molar-refractivity contribution is 7.68. The number of hydrogen-bond acceptors (Lipinski definition) is 0. The van der Waals surface area contributed by atoms with E-state index < -0.39 is 0 Å². The molecule has 0 fully saturated rings. The summed E-state index contributed by atoms with van der Waals surface area (Å²) in [4.78, 5) is 0. The summed E-state index contributed by atoms with van der Waals surface area (Å²) in [6, 6.07) is 11.4. The highest BCUT2D eigenvalue weighted by Crippen LogP contribution is 2.45. The Labute approximate surface area is 136 Å². The summed E-state index contributed by atoms with van der Waals surface area (Å²) >= 11 is 0. The molecule has 3 heteroatoms. The van der Waals surface area contributed by atoms with Gasteiger partial charge in [0.15, 0.2) is 0 Å². The molecule has 1 aromatic rings. The molecule has 0 N–H and O–H groups in total. The van der Waals surface area contributed by atoms with Crippen LogP contribution in [-0.2, 0) is 0 Å². The third-order valence-corrected chi connectivity index (χ3v) is 12.8. The van der Waals surface area contributed by atoms with Gasteiger partial charge in [-0.25, -0.2) is 0 Å². The normalized spacial score (nSPS) is 11.8. The molecule has 0 saturated heterocycles. The zero-order chi connectivity index (χ0) is 15.5. The van der Waals surface area contributed by atoms with Crippen molar-refractivity contribution in [2.75, 3.05) is 49.3 Å². The standard InChI is InChI=1S/C18H33P3/c1-5-19(6-2)14-16-21(17-15-20(7-3)8-4)18-12-10-9-11-13-18/h9-13H,5-8,14-17H2,1-4H3. The van der Waals surface area contributed by atoms with Gasteiger partial charge in [-0.1, -0.05) is 65.9 Å². The molecule has 0 atom stereocenters. The van der Waals surface area contributed by atoms with Crippen molar-refractivity contribution in [3.8, 4) is 0 Å². The summed E-state index contributed by atoms with van der Waals surface area (Å²) in [5, 5.41) is 1.65. The van der Waals surface area contributed by atoms with Crippen molar-refractivity contribution >= 4 is 29.1 Å². The minimum absolute atomic E-state index is 0.0887. The van der Waals surface area contributed by atoms with Crippen molar-refractivity contribution < 1.29 is 0 Å². The maximum Gasteiger partial charge on any atom is -0.0240 e. The molecule has 0 saturated carbocycles. The van der Waals surface area contributed by atoms with Crippen molar-refractivity contribution in [1.29, 1.82) is 0 Å². The quantitative estimate of drug-likeness (QED) is 0.443. The van der Waals surface area contributed by atoms with Gasteiger partial charge in [-0.05, 0) is 54.6 Å². The van der Waals surface area contributed by atoms with Crippen molar-refractivity contribution in [3.63, 3.8) is 0 Å². The zero-order valence-electron chi connectivity index (χ0n) is 14.4. The number of rotatable bonds is 11.